The Kier molecular flexibility index (Phi) is 6.69. The van der Waals surface area contributed by atoms with Crippen LogP contribution in [-0.2, 0) is 11.2 Å². The predicted molar refractivity (Wildman–Crippen MR) is 141 cm³/mol. The lowest BCUT2D eigenvalue weighted by Crippen LogP contribution is -2.44. The van der Waals surface area contributed by atoms with Crippen LogP contribution in [0.5, 0.6) is 0 Å². The number of pyridine rings is 1. The molecule has 1 N–H and O–H groups in total. The van der Waals surface area contributed by atoms with Crippen molar-refractivity contribution in [3.63, 3.8) is 0 Å². The largest absolute Gasteiger partial charge is 0.341 e. The van der Waals surface area contributed by atoms with Gasteiger partial charge in [-0.2, -0.15) is 0 Å². The van der Waals surface area contributed by atoms with Gasteiger partial charge in [0.1, 0.15) is 5.78 Å². The van der Waals surface area contributed by atoms with Gasteiger partial charge in [-0.25, -0.2) is 9.98 Å². The number of aliphatic imine (C=N–C) groups is 2. The highest BCUT2D eigenvalue weighted by atomic mass is 35.5. The van der Waals surface area contributed by atoms with Crippen molar-refractivity contribution in [2.24, 2.45) is 15.4 Å². The van der Waals surface area contributed by atoms with Crippen molar-refractivity contribution in [1.29, 1.82) is 0 Å². The van der Waals surface area contributed by atoms with Crippen molar-refractivity contribution in [2.75, 3.05) is 32.0 Å². The molecular weight excluding hydrogens is 476 g/mol. The minimum absolute atomic E-state index is 0.0509. The Balaban J connectivity index is 1.24. The van der Waals surface area contributed by atoms with Crippen molar-refractivity contribution in [2.45, 2.75) is 19.3 Å². The van der Waals surface area contributed by atoms with E-state index in [1.54, 1.807) is 34.7 Å². The molecule has 1 spiro atoms. The van der Waals surface area contributed by atoms with Crippen LogP contribution >= 0.6 is 11.8 Å². The minimum atomic E-state index is -0.620. The monoisotopic (exact) mass is 502 g/mol. The molecule has 1 aromatic carbocycles. The molecule has 9 heteroatoms. The fraction of sp³-hybridized carbons (Fsp3) is 0.296. The fourth-order valence-corrected chi connectivity index (χ4v) is 5.01. The lowest BCUT2D eigenvalue weighted by molar-refractivity contribution is -0.119. The van der Waals surface area contributed by atoms with Crippen LogP contribution < -0.4 is 5.32 Å². The number of nitrogens with one attached hydrogen (secondary N) is 1. The Labute approximate surface area is 215 Å². The van der Waals surface area contributed by atoms with Crippen LogP contribution in [0, 0.1) is 5.41 Å². The summed E-state index contributed by atoms with van der Waals surface area (Å²) < 4.78 is 1.63. The Morgan fingerprint density at radius 3 is 2.83 bits per heavy atom. The predicted octanol–water partition coefficient (Wildman–Crippen LogP) is 3.88. The highest BCUT2D eigenvalue weighted by molar-refractivity contribution is 6.18. The number of likely N-dealkylation sites (N-methyl/N-ethyl adjacent to an activating group) is 1. The van der Waals surface area contributed by atoms with E-state index in [0.29, 0.717) is 50.4 Å². The van der Waals surface area contributed by atoms with E-state index in [2.05, 4.69) is 15.3 Å². The van der Waals surface area contributed by atoms with Crippen molar-refractivity contribution in [1.82, 2.24) is 14.3 Å². The topological polar surface area (TPSA) is 90.3 Å². The molecule has 1 unspecified atom stereocenters. The lowest BCUT2D eigenvalue weighted by atomic mass is 9.72. The summed E-state index contributed by atoms with van der Waals surface area (Å²) in [5, 5.41) is 3.23. The molecule has 1 atom stereocenters. The summed E-state index contributed by atoms with van der Waals surface area (Å²) in [7, 11) is 1.79. The standard InChI is InChI=1S/C27H27ClN6O2/c1-33(15-12-20-5-2-3-14-29-20)25(36)19-8-10-21(11-9-19)31-26-30-18-27-17-22(35)13-16-34(28)24(27)7-4-6-23(27)32-26/h2-11,14H,12-13,15-18H2,1H3,(H,30,31). The van der Waals surface area contributed by atoms with Gasteiger partial charge < -0.3 is 10.2 Å². The summed E-state index contributed by atoms with van der Waals surface area (Å²) in [6, 6.07) is 13.0. The molecule has 5 rings (SSSR count). The summed E-state index contributed by atoms with van der Waals surface area (Å²) in [6.45, 7) is 1.45. The van der Waals surface area contributed by atoms with Gasteiger partial charge >= 0.3 is 0 Å². The summed E-state index contributed by atoms with van der Waals surface area (Å²) >= 11 is 6.48. The molecule has 3 aliphatic rings. The van der Waals surface area contributed by atoms with E-state index in [4.69, 9.17) is 16.8 Å². The van der Waals surface area contributed by atoms with E-state index in [-0.39, 0.29) is 11.7 Å². The molecular formula is C27H27ClN6O2. The molecule has 36 heavy (non-hydrogen) atoms. The number of anilines is 1. The second-order valence-corrected chi connectivity index (χ2v) is 9.59. The van der Waals surface area contributed by atoms with Crippen molar-refractivity contribution in [3.05, 3.63) is 83.8 Å². The van der Waals surface area contributed by atoms with Gasteiger partial charge in [-0.1, -0.05) is 12.1 Å². The van der Waals surface area contributed by atoms with Gasteiger partial charge in [0.05, 0.1) is 17.7 Å². The first-order valence-corrected chi connectivity index (χ1v) is 12.3. The number of ketones is 1. The maximum atomic E-state index is 12.8. The molecule has 184 valence electrons. The van der Waals surface area contributed by atoms with E-state index in [0.717, 1.165) is 22.8 Å². The normalized spacial score (nSPS) is 20.9. The molecule has 0 bridgehead atoms. The first-order valence-electron chi connectivity index (χ1n) is 11.9. The number of benzene rings is 1. The smallest absolute Gasteiger partial charge is 0.253 e. The van der Waals surface area contributed by atoms with E-state index in [1.165, 1.54) is 0 Å². The second-order valence-electron chi connectivity index (χ2n) is 9.18. The molecule has 3 heterocycles. The number of guanidine groups is 1. The SMILES string of the molecule is CN(CCc1ccccn1)C(=O)c1ccc(NC2=NCC34CC(=O)CCN(Cl)C3=CC=CC4=N2)cc1. The van der Waals surface area contributed by atoms with Gasteiger partial charge in [0.25, 0.3) is 5.91 Å². The van der Waals surface area contributed by atoms with Crippen molar-refractivity contribution < 1.29 is 9.59 Å². The molecule has 8 nitrogen and oxygen atoms in total. The number of allylic oxidation sites excluding steroid dienone is 3. The number of carbonyl (C=O) groups excluding carboxylic acids is 2. The number of Topliss-reactive ketones (excluding diaryl/α,β-unsaturated/α-hetero) is 1. The van der Waals surface area contributed by atoms with Gasteiger partial charge in [-0.15, -0.1) is 0 Å². The number of nitrogens with zero attached hydrogens (tertiary/aromatic N) is 5. The molecule has 1 fully saturated rings. The van der Waals surface area contributed by atoms with Crippen LogP contribution in [0.3, 0.4) is 0 Å². The van der Waals surface area contributed by atoms with Crippen LogP contribution in [0.2, 0.25) is 0 Å². The van der Waals surface area contributed by atoms with Crippen molar-refractivity contribution in [3.8, 4) is 0 Å². The molecule has 1 aromatic heterocycles. The quantitative estimate of drug-likeness (QED) is 0.627. The average molecular weight is 503 g/mol. The molecule has 1 aliphatic carbocycles. The van der Waals surface area contributed by atoms with E-state index < -0.39 is 5.41 Å². The minimum Gasteiger partial charge on any atom is -0.341 e. The zero-order chi connectivity index (χ0) is 25.1. The third-order valence-corrected chi connectivity index (χ3v) is 7.08. The van der Waals surface area contributed by atoms with Crippen LogP contribution in [0.4, 0.5) is 5.69 Å². The first-order chi connectivity index (χ1) is 17.4. The third-order valence-electron chi connectivity index (χ3n) is 6.73. The van der Waals surface area contributed by atoms with Crippen LogP contribution in [0.1, 0.15) is 28.9 Å². The van der Waals surface area contributed by atoms with Crippen LogP contribution in [0.15, 0.2) is 82.6 Å². The zero-order valence-electron chi connectivity index (χ0n) is 20.0. The molecule has 1 amide bonds. The Morgan fingerprint density at radius 2 is 2.06 bits per heavy atom. The summed E-state index contributed by atoms with van der Waals surface area (Å²) in [6.07, 6.45) is 8.98. The van der Waals surface area contributed by atoms with E-state index in [9.17, 15) is 9.59 Å². The summed E-state index contributed by atoms with van der Waals surface area (Å²) in [4.78, 5) is 40.7. The molecule has 0 saturated carbocycles. The second kappa shape index (κ2) is 10.1. The fourth-order valence-electron chi connectivity index (χ4n) is 4.71. The number of halogens is 1. The van der Waals surface area contributed by atoms with Gasteiger partial charge in [0.2, 0.25) is 5.96 Å². The zero-order valence-corrected chi connectivity index (χ0v) is 20.8. The van der Waals surface area contributed by atoms with E-state index in [1.807, 2.05) is 48.6 Å². The van der Waals surface area contributed by atoms with Crippen molar-refractivity contribution >= 4 is 40.8 Å². The lowest BCUT2D eigenvalue weighted by Gasteiger charge is -2.39. The van der Waals surface area contributed by atoms with Gasteiger partial charge in [0, 0.05) is 80.0 Å². The van der Waals surface area contributed by atoms with Gasteiger partial charge in [-0.3, -0.25) is 19.0 Å². The molecule has 2 aliphatic heterocycles. The number of aromatic nitrogens is 1. The average Bonchev–Trinajstić information content (AvgIpc) is 3.03. The first kappa shape index (κ1) is 23.9. The highest BCUT2D eigenvalue weighted by Crippen LogP contribution is 2.43. The summed E-state index contributed by atoms with van der Waals surface area (Å²) in [5.41, 5.74) is 3.35. The number of amides is 1. The maximum Gasteiger partial charge on any atom is 0.253 e. The molecule has 2 aromatic rings. The van der Waals surface area contributed by atoms with E-state index >= 15 is 0 Å². The number of hydrogen-bond donors (Lipinski definition) is 1. The van der Waals surface area contributed by atoms with Crippen LogP contribution in [0.25, 0.3) is 0 Å². The number of rotatable bonds is 5. The summed E-state index contributed by atoms with van der Waals surface area (Å²) in [5.74, 6) is 0.569. The number of carbonyl (C=O) groups is 2. The molecule has 0 radical (unpaired) electrons. The van der Waals surface area contributed by atoms with Gasteiger partial charge in [-0.05, 0) is 48.6 Å². The Morgan fingerprint density at radius 1 is 1.22 bits per heavy atom. The number of hydrogen-bond acceptors (Lipinski definition) is 7. The van der Waals surface area contributed by atoms with Gasteiger partial charge in [0.15, 0.2) is 0 Å². The Bertz CT molecular complexity index is 1290. The Hall–Kier alpha value is -3.78. The maximum absolute atomic E-state index is 12.8. The van der Waals surface area contributed by atoms with Crippen LogP contribution in [-0.4, -0.2) is 64.3 Å². The highest BCUT2D eigenvalue weighted by Gasteiger charge is 2.47. The molecule has 1 saturated heterocycles. The third kappa shape index (κ3) is 4.81.